The quantitative estimate of drug-likeness (QED) is 0.645. The van der Waals surface area contributed by atoms with Gasteiger partial charge in [-0.3, -0.25) is 24.1 Å². The van der Waals surface area contributed by atoms with Gasteiger partial charge in [0, 0.05) is 18.7 Å². The number of halogens is 1. The van der Waals surface area contributed by atoms with E-state index in [0.29, 0.717) is 11.1 Å². The van der Waals surface area contributed by atoms with Gasteiger partial charge < -0.3 is 10.6 Å². The average molecular weight is 441 g/mol. The summed E-state index contributed by atoms with van der Waals surface area (Å²) in [5.74, 6) is -1.67. The van der Waals surface area contributed by atoms with Crippen molar-refractivity contribution in [3.05, 3.63) is 75.9 Å². The monoisotopic (exact) mass is 441 g/mol. The smallest absolute Gasteiger partial charge is 0.293 e. The summed E-state index contributed by atoms with van der Waals surface area (Å²) in [6, 6.07) is 12.5. The van der Waals surface area contributed by atoms with Gasteiger partial charge >= 0.3 is 0 Å². The van der Waals surface area contributed by atoms with Gasteiger partial charge in [-0.1, -0.05) is 29.8 Å². The zero-order valence-electron chi connectivity index (χ0n) is 16.7. The minimum Gasteiger partial charge on any atom is -0.353 e. The summed E-state index contributed by atoms with van der Waals surface area (Å²) in [6.45, 7) is 1.74. The first-order chi connectivity index (χ1) is 14.8. The molecule has 2 N–H and O–H groups in total. The molecule has 2 aromatic carbocycles. The highest BCUT2D eigenvalue weighted by molar-refractivity contribution is 8.18. The van der Waals surface area contributed by atoms with Crippen LogP contribution in [0.25, 0.3) is 6.08 Å². The predicted octanol–water partition coefficient (Wildman–Crippen LogP) is 2.72. The van der Waals surface area contributed by atoms with Gasteiger partial charge in [0.15, 0.2) is 0 Å². The average Bonchev–Trinajstić information content (AvgIpc) is 3.01. The minimum absolute atomic E-state index is 0.00305. The molecule has 1 aliphatic heterocycles. The second-order valence-electron chi connectivity index (χ2n) is 6.78. The van der Waals surface area contributed by atoms with E-state index in [1.165, 1.54) is 30.3 Å². The number of nitrogens with zero attached hydrogens (tertiary/aromatic N) is 1. The molecule has 9 heteroatoms. The Labute approximate surface area is 182 Å². The highest BCUT2D eigenvalue weighted by Crippen LogP contribution is 2.31. The number of hydrogen-bond acceptors (Lipinski definition) is 5. The van der Waals surface area contributed by atoms with Crippen LogP contribution in [0.1, 0.15) is 21.5 Å². The summed E-state index contributed by atoms with van der Waals surface area (Å²) in [5.41, 5.74) is 2.07. The van der Waals surface area contributed by atoms with Gasteiger partial charge in [0.2, 0.25) is 5.91 Å². The van der Waals surface area contributed by atoms with Gasteiger partial charge in [0.25, 0.3) is 17.1 Å². The minimum atomic E-state index is -0.471. The van der Waals surface area contributed by atoms with E-state index in [4.69, 9.17) is 0 Å². The number of rotatable bonds is 7. The van der Waals surface area contributed by atoms with E-state index >= 15 is 0 Å². The molecule has 0 spiro atoms. The molecule has 0 atom stereocenters. The van der Waals surface area contributed by atoms with E-state index in [9.17, 15) is 23.6 Å². The number of benzene rings is 2. The molecule has 1 saturated heterocycles. The van der Waals surface area contributed by atoms with Gasteiger partial charge in [0.05, 0.1) is 11.4 Å². The Hall–Kier alpha value is -3.46. The summed E-state index contributed by atoms with van der Waals surface area (Å²) in [6.07, 6.45) is 1.52. The molecular formula is C22H20FN3O4S. The number of amides is 4. The zero-order chi connectivity index (χ0) is 22.4. The fourth-order valence-electron chi connectivity index (χ4n) is 2.74. The third kappa shape index (κ3) is 6.02. The Morgan fingerprint density at radius 2 is 1.71 bits per heavy atom. The molecule has 0 saturated carbocycles. The molecule has 0 aliphatic carbocycles. The fourth-order valence-corrected chi connectivity index (χ4v) is 3.61. The fraction of sp³-hybridized carbons (Fsp3) is 0.182. The lowest BCUT2D eigenvalue weighted by Crippen LogP contribution is -2.41. The Morgan fingerprint density at radius 1 is 1.03 bits per heavy atom. The molecule has 1 fully saturated rings. The molecule has 1 aliphatic rings. The number of carbonyl (C=O) groups excluding carboxylic acids is 4. The Kier molecular flexibility index (Phi) is 7.19. The van der Waals surface area contributed by atoms with Gasteiger partial charge in [-0.2, -0.15) is 0 Å². The molecule has 0 unspecified atom stereocenters. The predicted molar refractivity (Wildman–Crippen MR) is 116 cm³/mol. The summed E-state index contributed by atoms with van der Waals surface area (Å²) in [5, 5.41) is 4.64. The van der Waals surface area contributed by atoms with Crippen LogP contribution in [0.5, 0.6) is 0 Å². The van der Waals surface area contributed by atoms with Crippen LogP contribution in [0.2, 0.25) is 0 Å². The summed E-state index contributed by atoms with van der Waals surface area (Å²) < 4.78 is 13.0. The standard InChI is InChI=1S/C22H20FN3O4S/c1-14-2-6-16(7-3-14)20(28)25-13-19(27)24-10-11-26-21(29)18(31-22(26)30)12-15-4-8-17(23)9-5-15/h2-9,12H,10-11,13H2,1H3,(H,24,27)(H,25,28)/b18-12+. The van der Waals surface area contributed by atoms with Crippen molar-refractivity contribution in [2.45, 2.75) is 6.92 Å². The van der Waals surface area contributed by atoms with Crippen molar-refractivity contribution >= 4 is 40.8 Å². The van der Waals surface area contributed by atoms with E-state index in [-0.39, 0.29) is 30.4 Å². The van der Waals surface area contributed by atoms with E-state index in [2.05, 4.69) is 10.6 Å². The molecule has 2 aromatic rings. The number of thioether (sulfide) groups is 1. The highest BCUT2D eigenvalue weighted by atomic mass is 32.2. The normalized spacial score (nSPS) is 14.8. The van der Waals surface area contributed by atoms with Crippen molar-refractivity contribution in [2.75, 3.05) is 19.6 Å². The van der Waals surface area contributed by atoms with E-state index in [0.717, 1.165) is 22.2 Å². The SMILES string of the molecule is Cc1ccc(C(=O)NCC(=O)NCCN2C(=O)S/C(=C/c3ccc(F)cc3)C2=O)cc1. The molecule has 3 rings (SSSR count). The van der Waals surface area contributed by atoms with Crippen LogP contribution in [0.3, 0.4) is 0 Å². The zero-order valence-corrected chi connectivity index (χ0v) is 17.5. The Morgan fingerprint density at radius 3 is 2.39 bits per heavy atom. The Bertz CT molecular complexity index is 1040. The molecule has 0 radical (unpaired) electrons. The van der Waals surface area contributed by atoms with Crippen molar-refractivity contribution in [1.29, 1.82) is 0 Å². The van der Waals surface area contributed by atoms with Crippen molar-refractivity contribution in [1.82, 2.24) is 15.5 Å². The molecule has 1 heterocycles. The molecule has 0 aromatic heterocycles. The number of carbonyl (C=O) groups is 4. The van der Waals surface area contributed by atoms with Crippen LogP contribution < -0.4 is 10.6 Å². The summed E-state index contributed by atoms with van der Waals surface area (Å²) >= 11 is 0.787. The van der Waals surface area contributed by atoms with E-state index in [1.54, 1.807) is 24.3 Å². The summed E-state index contributed by atoms with van der Waals surface area (Å²) in [7, 11) is 0. The van der Waals surface area contributed by atoms with Gasteiger partial charge in [-0.15, -0.1) is 0 Å². The van der Waals surface area contributed by atoms with Crippen LogP contribution in [-0.2, 0) is 9.59 Å². The molecular weight excluding hydrogens is 421 g/mol. The topological polar surface area (TPSA) is 95.6 Å². The molecule has 7 nitrogen and oxygen atoms in total. The first kappa shape index (κ1) is 22.2. The largest absolute Gasteiger partial charge is 0.353 e. The second kappa shape index (κ2) is 10.0. The number of imide groups is 1. The van der Waals surface area contributed by atoms with Gasteiger partial charge in [0.1, 0.15) is 5.82 Å². The van der Waals surface area contributed by atoms with Crippen LogP contribution in [0.4, 0.5) is 9.18 Å². The molecule has 160 valence electrons. The van der Waals surface area contributed by atoms with Crippen LogP contribution in [-0.4, -0.2) is 47.5 Å². The molecule has 31 heavy (non-hydrogen) atoms. The first-order valence-electron chi connectivity index (χ1n) is 9.46. The van der Waals surface area contributed by atoms with Crippen LogP contribution in [0, 0.1) is 12.7 Å². The molecule has 0 bridgehead atoms. The third-order valence-corrected chi connectivity index (χ3v) is 5.33. The third-order valence-electron chi connectivity index (χ3n) is 4.42. The van der Waals surface area contributed by atoms with Gasteiger partial charge in [-0.05, 0) is 54.6 Å². The lowest BCUT2D eigenvalue weighted by Gasteiger charge is -2.13. The summed E-state index contributed by atoms with van der Waals surface area (Å²) in [4.78, 5) is 49.8. The van der Waals surface area contributed by atoms with Crippen LogP contribution >= 0.6 is 11.8 Å². The van der Waals surface area contributed by atoms with Crippen molar-refractivity contribution in [2.24, 2.45) is 0 Å². The second-order valence-corrected chi connectivity index (χ2v) is 7.78. The van der Waals surface area contributed by atoms with E-state index in [1.807, 2.05) is 6.92 Å². The van der Waals surface area contributed by atoms with Crippen LogP contribution in [0.15, 0.2) is 53.4 Å². The number of hydrogen-bond donors (Lipinski definition) is 2. The van der Waals surface area contributed by atoms with Crippen molar-refractivity contribution < 1.29 is 23.6 Å². The lowest BCUT2D eigenvalue weighted by molar-refractivity contribution is -0.124. The van der Waals surface area contributed by atoms with E-state index < -0.39 is 22.9 Å². The Balaban J connectivity index is 1.45. The van der Waals surface area contributed by atoms with Gasteiger partial charge in [-0.25, -0.2) is 4.39 Å². The maximum absolute atomic E-state index is 13.0. The number of aryl methyl sites for hydroxylation is 1. The number of nitrogens with one attached hydrogen (secondary N) is 2. The van der Waals surface area contributed by atoms with Crippen molar-refractivity contribution in [3.8, 4) is 0 Å². The first-order valence-corrected chi connectivity index (χ1v) is 10.3. The maximum atomic E-state index is 13.0. The highest BCUT2D eigenvalue weighted by Gasteiger charge is 2.34. The van der Waals surface area contributed by atoms with Crippen molar-refractivity contribution in [3.63, 3.8) is 0 Å². The lowest BCUT2D eigenvalue weighted by atomic mass is 10.1. The maximum Gasteiger partial charge on any atom is 0.293 e. The molecule has 4 amide bonds.